The fraction of sp³-hybridized carbons (Fsp3) is 0.375. The maximum atomic E-state index is 12.3. The Morgan fingerprint density at radius 2 is 2.05 bits per heavy atom. The number of rotatable bonds is 6. The first kappa shape index (κ1) is 14.3. The normalized spacial score (nSPS) is 10.5. The van der Waals surface area contributed by atoms with E-state index >= 15 is 0 Å². The molecule has 0 aliphatic heterocycles. The molecule has 0 spiro atoms. The molecule has 0 bridgehead atoms. The van der Waals surface area contributed by atoms with Gasteiger partial charge in [-0.1, -0.05) is 43.7 Å². The molecule has 2 rings (SSSR count). The van der Waals surface area contributed by atoms with Gasteiger partial charge in [-0.25, -0.2) is 0 Å². The number of oxazole rings is 1. The summed E-state index contributed by atoms with van der Waals surface area (Å²) < 4.78 is 5.39. The van der Waals surface area contributed by atoms with E-state index in [1.807, 2.05) is 37.3 Å². The monoisotopic (exact) mass is 272 g/mol. The number of amides is 1. The number of unbranched alkanes of at least 4 members (excludes halogenated alkanes) is 1. The van der Waals surface area contributed by atoms with Crippen molar-refractivity contribution in [2.75, 3.05) is 4.90 Å². The number of benzene rings is 1. The Balaban J connectivity index is 2.18. The van der Waals surface area contributed by atoms with Gasteiger partial charge in [0, 0.05) is 6.42 Å². The highest BCUT2D eigenvalue weighted by molar-refractivity contribution is 5.91. The molecule has 0 aliphatic rings. The van der Waals surface area contributed by atoms with Crippen LogP contribution in [0.15, 0.2) is 41.0 Å². The zero-order valence-corrected chi connectivity index (χ0v) is 12.0. The van der Waals surface area contributed by atoms with Crippen molar-refractivity contribution < 1.29 is 9.21 Å². The number of carbonyl (C=O) groups is 1. The maximum Gasteiger partial charge on any atom is 0.304 e. The minimum absolute atomic E-state index is 0.0533. The summed E-state index contributed by atoms with van der Waals surface area (Å²) in [4.78, 5) is 18.2. The van der Waals surface area contributed by atoms with Crippen LogP contribution in [0.25, 0.3) is 0 Å². The van der Waals surface area contributed by atoms with Crippen LogP contribution >= 0.6 is 0 Å². The van der Waals surface area contributed by atoms with Gasteiger partial charge in [0.25, 0.3) is 0 Å². The van der Waals surface area contributed by atoms with Crippen molar-refractivity contribution in [2.45, 2.75) is 39.7 Å². The zero-order valence-electron chi connectivity index (χ0n) is 12.0. The molecule has 0 radical (unpaired) electrons. The molecule has 0 N–H and O–H groups in total. The lowest BCUT2D eigenvalue weighted by Gasteiger charge is -2.18. The highest BCUT2D eigenvalue weighted by atomic mass is 16.4. The molecule has 20 heavy (non-hydrogen) atoms. The highest BCUT2D eigenvalue weighted by Crippen LogP contribution is 2.18. The third-order valence-electron chi connectivity index (χ3n) is 3.07. The Labute approximate surface area is 119 Å². The predicted octanol–water partition coefficient (Wildman–Crippen LogP) is 3.71. The Kier molecular flexibility index (Phi) is 4.93. The topological polar surface area (TPSA) is 46.3 Å². The van der Waals surface area contributed by atoms with Crippen LogP contribution < -0.4 is 4.90 Å². The average Bonchev–Trinajstić information content (AvgIpc) is 2.89. The number of aromatic nitrogens is 1. The largest absolute Gasteiger partial charge is 0.431 e. The number of hydrogen-bond acceptors (Lipinski definition) is 3. The van der Waals surface area contributed by atoms with E-state index in [1.54, 1.807) is 11.2 Å². The first-order valence-electron chi connectivity index (χ1n) is 6.97. The van der Waals surface area contributed by atoms with Crippen LogP contribution in [0.2, 0.25) is 0 Å². The van der Waals surface area contributed by atoms with Crippen LogP contribution in [-0.2, 0) is 11.3 Å². The molecule has 1 amide bonds. The van der Waals surface area contributed by atoms with Gasteiger partial charge in [-0.05, 0) is 18.9 Å². The first-order valence-corrected chi connectivity index (χ1v) is 6.97. The molecule has 4 nitrogen and oxygen atoms in total. The molecular formula is C16H20N2O2. The minimum Gasteiger partial charge on any atom is -0.431 e. The molecule has 1 aromatic heterocycles. The Morgan fingerprint density at radius 3 is 2.65 bits per heavy atom. The van der Waals surface area contributed by atoms with Gasteiger partial charge in [-0.3, -0.25) is 9.69 Å². The highest BCUT2D eigenvalue weighted by Gasteiger charge is 2.20. The van der Waals surface area contributed by atoms with Crippen LogP contribution in [0.1, 0.15) is 37.4 Å². The summed E-state index contributed by atoms with van der Waals surface area (Å²) >= 11 is 0. The van der Waals surface area contributed by atoms with E-state index in [2.05, 4.69) is 11.9 Å². The van der Waals surface area contributed by atoms with Crippen molar-refractivity contribution in [3.8, 4) is 0 Å². The first-order chi connectivity index (χ1) is 9.70. The maximum absolute atomic E-state index is 12.3. The summed E-state index contributed by atoms with van der Waals surface area (Å²) in [7, 11) is 0. The number of anilines is 1. The summed E-state index contributed by atoms with van der Waals surface area (Å²) in [5.41, 5.74) is 1.84. The predicted molar refractivity (Wildman–Crippen MR) is 78.4 cm³/mol. The van der Waals surface area contributed by atoms with Gasteiger partial charge in [0.2, 0.25) is 5.91 Å². The zero-order chi connectivity index (χ0) is 14.4. The lowest BCUT2D eigenvalue weighted by Crippen LogP contribution is -2.30. The summed E-state index contributed by atoms with van der Waals surface area (Å²) in [6, 6.07) is 10.3. The molecule has 2 aromatic rings. The smallest absolute Gasteiger partial charge is 0.304 e. The van der Waals surface area contributed by atoms with E-state index < -0.39 is 0 Å². The third kappa shape index (κ3) is 3.70. The molecule has 0 fully saturated rings. The van der Waals surface area contributed by atoms with Crippen LogP contribution in [0.4, 0.5) is 6.01 Å². The van der Waals surface area contributed by atoms with E-state index in [1.165, 1.54) is 0 Å². The second kappa shape index (κ2) is 6.89. The second-order valence-corrected chi connectivity index (χ2v) is 4.84. The van der Waals surface area contributed by atoms with Gasteiger partial charge in [0.1, 0.15) is 6.26 Å². The van der Waals surface area contributed by atoms with Crippen molar-refractivity contribution in [2.24, 2.45) is 0 Å². The minimum atomic E-state index is 0.0533. The van der Waals surface area contributed by atoms with E-state index in [0.717, 1.165) is 24.1 Å². The quantitative estimate of drug-likeness (QED) is 0.805. The number of hydrogen-bond donors (Lipinski definition) is 0. The van der Waals surface area contributed by atoms with Gasteiger partial charge in [0.05, 0.1) is 12.2 Å². The summed E-state index contributed by atoms with van der Waals surface area (Å²) in [5.74, 6) is 0.0533. The molecule has 0 aliphatic carbocycles. The van der Waals surface area contributed by atoms with Gasteiger partial charge in [-0.15, -0.1) is 0 Å². The summed E-state index contributed by atoms with van der Waals surface area (Å²) in [6.45, 7) is 4.41. The molecule has 0 saturated heterocycles. The molecular weight excluding hydrogens is 252 g/mol. The summed E-state index contributed by atoms with van der Waals surface area (Å²) in [6.07, 6.45) is 3.96. The average molecular weight is 272 g/mol. The van der Waals surface area contributed by atoms with Crippen molar-refractivity contribution >= 4 is 11.9 Å². The van der Waals surface area contributed by atoms with Gasteiger partial charge >= 0.3 is 6.01 Å². The Hall–Kier alpha value is -2.10. The van der Waals surface area contributed by atoms with Gasteiger partial charge < -0.3 is 4.42 Å². The standard InChI is InChI=1S/C16H20N2O2/c1-3-4-10-15(19)18(16-17-13(2)12-20-16)11-14-8-6-5-7-9-14/h5-9,12H,3-4,10-11H2,1-2H3. The molecule has 0 unspecified atom stereocenters. The lowest BCUT2D eigenvalue weighted by molar-refractivity contribution is -0.119. The molecule has 1 aromatic carbocycles. The molecule has 4 heteroatoms. The van der Waals surface area contributed by atoms with Crippen molar-refractivity contribution in [1.82, 2.24) is 4.98 Å². The number of aryl methyl sites for hydroxylation is 1. The van der Waals surface area contributed by atoms with E-state index in [-0.39, 0.29) is 5.91 Å². The van der Waals surface area contributed by atoms with Gasteiger partial charge in [0.15, 0.2) is 0 Å². The van der Waals surface area contributed by atoms with Crippen LogP contribution in [0, 0.1) is 6.92 Å². The van der Waals surface area contributed by atoms with E-state index in [0.29, 0.717) is 19.0 Å². The second-order valence-electron chi connectivity index (χ2n) is 4.84. The van der Waals surface area contributed by atoms with E-state index in [4.69, 9.17) is 4.42 Å². The Morgan fingerprint density at radius 1 is 1.30 bits per heavy atom. The van der Waals surface area contributed by atoms with Crippen molar-refractivity contribution in [1.29, 1.82) is 0 Å². The van der Waals surface area contributed by atoms with Crippen molar-refractivity contribution in [3.63, 3.8) is 0 Å². The molecule has 1 heterocycles. The van der Waals surface area contributed by atoms with Crippen molar-refractivity contribution in [3.05, 3.63) is 47.9 Å². The molecule has 0 atom stereocenters. The van der Waals surface area contributed by atoms with Crippen LogP contribution in [0.3, 0.4) is 0 Å². The number of nitrogens with zero attached hydrogens (tertiary/aromatic N) is 2. The lowest BCUT2D eigenvalue weighted by atomic mass is 10.2. The van der Waals surface area contributed by atoms with Crippen LogP contribution in [-0.4, -0.2) is 10.9 Å². The fourth-order valence-electron chi connectivity index (χ4n) is 1.96. The number of carbonyl (C=O) groups excluding carboxylic acids is 1. The van der Waals surface area contributed by atoms with Crippen LogP contribution in [0.5, 0.6) is 0 Å². The SMILES string of the molecule is CCCCC(=O)N(Cc1ccccc1)c1nc(C)co1. The molecule has 0 saturated carbocycles. The van der Waals surface area contributed by atoms with Gasteiger partial charge in [-0.2, -0.15) is 4.98 Å². The molecule has 106 valence electrons. The Bertz CT molecular complexity index is 549. The third-order valence-corrected chi connectivity index (χ3v) is 3.07. The fourth-order valence-corrected chi connectivity index (χ4v) is 1.96. The van der Waals surface area contributed by atoms with E-state index in [9.17, 15) is 4.79 Å². The summed E-state index contributed by atoms with van der Waals surface area (Å²) in [5, 5.41) is 0.